The SMILES string of the molecule is c1n[nH]c(CCCNC2CCN3CCC2C3)n1. The van der Waals surface area contributed by atoms with E-state index in [0.29, 0.717) is 0 Å². The maximum Gasteiger partial charge on any atom is 0.137 e. The van der Waals surface area contributed by atoms with E-state index in [4.69, 9.17) is 0 Å². The van der Waals surface area contributed by atoms with Gasteiger partial charge in [0, 0.05) is 19.0 Å². The highest BCUT2D eigenvalue weighted by molar-refractivity contribution is 4.90. The fourth-order valence-electron chi connectivity index (χ4n) is 3.11. The zero-order valence-electron chi connectivity index (χ0n) is 10.2. The summed E-state index contributed by atoms with van der Waals surface area (Å²) in [5.41, 5.74) is 0. The predicted molar refractivity (Wildman–Crippen MR) is 65.7 cm³/mol. The minimum Gasteiger partial charge on any atom is -0.314 e. The number of rotatable bonds is 5. The summed E-state index contributed by atoms with van der Waals surface area (Å²) in [5.74, 6) is 1.90. The molecule has 5 heteroatoms. The molecule has 3 atom stereocenters. The fraction of sp³-hybridized carbons (Fsp3) is 0.833. The van der Waals surface area contributed by atoms with E-state index in [1.54, 1.807) is 6.33 Å². The number of aromatic amines is 1. The Labute approximate surface area is 102 Å². The Morgan fingerprint density at radius 2 is 2.35 bits per heavy atom. The standard InChI is InChI=1S/C12H21N5/c1(2-12-14-9-15-16-12)5-13-11-4-7-17-6-3-10(11)8-17/h9-11,13H,1-8H2,(H,14,15,16). The summed E-state index contributed by atoms with van der Waals surface area (Å²) in [6.07, 6.45) is 6.43. The molecular formula is C12H21N5. The van der Waals surface area contributed by atoms with Crippen LogP contribution in [0.5, 0.6) is 0 Å². The van der Waals surface area contributed by atoms with Gasteiger partial charge in [-0.05, 0) is 44.8 Å². The van der Waals surface area contributed by atoms with Gasteiger partial charge in [-0.25, -0.2) is 4.98 Å². The molecule has 2 saturated heterocycles. The molecule has 2 fully saturated rings. The molecule has 0 radical (unpaired) electrons. The molecule has 0 amide bonds. The molecule has 0 aliphatic carbocycles. The lowest BCUT2D eigenvalue weighted by molar-refractivity contribution is 0.221. The molecule has 1 aromatic rings. The summed E-state index contributed by atoms with van der Waals surface area (Å²) < 4.78 is 0. The van der Waals surface area contributed by atoms with Crippen LogP contribution < -0.4 is 5.32 Å². The molecule has 0 aromatic carbocycles. The van der Waals surface area contributed by atoms with Crippen LogP contribution in [0.15, 0.2) is 6.33 Å². The van der Waals surface area contributed by atoms with Crippen LogP contribution in [0, 0.1) is 5.92 Å². The van der Waals surface area contributed by atoms with Gasteiger partial charge in [-0.2, -0.15) is 5.10 Å². The van der Waals surface area contributed by atoms with Crippen LogP contribution in [-0.4, -0.2) is 52.3 Å². The van der Waals surface area contributed by atoms with Crippen LogP contribution >= 0.6 is 0 Å². The lowest BCUT2D eigenvalue weighted by atomic mass is 9.94. The van der Waals surface area contributed by atoms with Gasteiger partial charge >= 0.3 is 0 Å². The van der Waals surface area contributed by atoms with Gasteiger partial charge in [0.05, 0.1) is 0 Å². The summed E-state index contributed by atoms with van der Waals surface area (Å²) >= 11 is 0. The molecule has 3 heterocycles. The monoisotopic (exact) mass is 235 g/mol. The average Bonchev–Trinajstić information content (AvgIpc) is 2.97. The molecule has 2 bridgehead atoms. The second-order valence-electron chi connectivity index (χ2n) is 5.23. The zero-order valence-corrected chi connectivity index (χ0v) is 10.2. The first-order chi connectivity index (χ1) is 8.42. The number of aryl methyl sites for hydroxylation is 1. The van der Waals surface area contributed by atoms with Gasteiger partial charge in [0.1, 0.15) is 12.2 Å². The van der Waals surface area contributed by atoms with Crippen molar-refractivity contribution in [2.45, 2.75) is 31.7 Å². The molecule has 94 valence electrons. The van der Waals surface area contributed by atoms with E-state index in [-0.39, 0.29) is 0 Å². The van der Waals surface area contributed by atoms with Crippen LogP contribution in [0.1, 0.15) is 25.1 Å². The van der Waals surface area contributed by atoms with E-state index in [1.807, 2.05) is 0 Å². The Bertz CT molecular complexity index is 337. The van der Waals surface area contributed by atoms with Crippen molar-refractivity contribution in [3.8, 4) is 0 Å². The highest BCUT2D eigenvalue weighted by atomic mass is 15.2. The van der Waals surface area contributed by atoms with E-state index < -0.39 is 0 Å². The van der Waals surface area contributed by atoms with Crippen molar-refractivity contribution >= 4 is 0 Å². The third-order valence-electron chi connectivity index (χ3n) is 4.10. The normalized spacial score (nSPS) is 31.9. The summed E-state index contributed by atoms with van der Waals surface area (Å²) in [7, 11) is 0. The minimum atomic E-state index is 0.753. The number of hydrogen-bond acceptors (Lipinski definition) is 4. The van der Waals surface area contributed by atoms with E-state index >= 15 is 0 Å². The number of nitrogens with zero attached hydrogens (tertiary/aromatic N) is 3. The maximum absolute atomic E-state index is 4.14. The van der Waals surface area contributed by atoms with E-state index in [9.17, 15) is 0 Å². The first kappa shape index (κ1) is 11.2. The Morgan fingerprint density at radius 3 is 3.24 bits per heavy atom. The van der Waals surface area contributed by atoms with Crippen molar-refractivity contribution in [1.29, 1.82) is 0 Å². The topological polar surface area (TPSA) is 56.8 Å². The second-order valence-corrected chi connectivity index (χ2v) is 5.23. The van der Waals surface area contributed by atoms with E-state index in [0.717, 1.165) is 37.2 Å². The number of fused-ring (bicyclic) bond motifs is 2. The van der Waals surface area contributed by atoms with Crippen LogP contribution in [0.3, 0.4) is 0 Å². The van der Waals surface area contributed by atoms with Crippen molar-refractivity contribution < 1.29 is 0 Å². The van der Waals surface area contributed by atoms with Gasteiger partial charge in [-0.3, -0.25) is 5.10 Å². The number of H-pyrrole nitrogens is 1. The predicted octanol–water partition coefficient (Wildman–Crippen LogP) is 0.421. The number of aromatic nitrogens is 3. The van der Waals surface area contributed by atoms with Crippen molar-refractivity contribution in [3.63, 3.8) is 0 Å². The summed E-state index contributed by atoms with van der Waals surface area (Å²) in [6, 6.07) is 0.753. The highest BCUT2D eigenvalue weighted by Gasteiger charge is 2.33. The maximum atomic E-state index is 4.14. The third-order valence-corrected chi connectivity index (χ3v) is 4.10. The molecule has 0 spiro atoms. The average molecular weight is 235 g/mol. The molecule has 3 rings (SSSR count). The highest BCUT2D eigenvalue weighted by Crippen LogP contribution is 2.26. The minimum absolute atomic E-state index is 0.753. The molecule has 2 aliphatic heterocycles. The van der Waals surface area contributed by atoms with Gasteiger partial charge in [-0.1, -0.05) is 0 Å². The molecule has 2 aliphatic rings. The van der Waals surface area contributed by atoms with Crippen LogP contribution in [0.2, 0.25) is 0 Å². The Balaban J connectivity index is 1.37. The first-order valence-corrected chi connectivity index (χ1v) is 6.72. The van der Waals surface area contributed by atoms with Crippen molar-refractivity contribution in [1.82, 2.24) is 25.4 Å². The second kappa shape index (κ2) is 5.14. The fourth-order valence-corrected chi connectivity index (χ4v) is 3.11. The lowest BCUT2D eigenvalue weighted by Gasteiger charge is -2.31. The number of piperidine rings is 1. The molecule has 0 saturated carbocycles. The molecule has 3 unspecified atom stereocenters. The largest absolute Gasteiger partial charge is 0.314 e. The number of nitrogens with one attached hydrogen (secondary N) is 2. The molecule has 17 heavy (non-hydrogen) atoms. The van der Waals surface area contributed by atoms with Gasteiger partial charge in [-0.15, -0.1) is 0 Å². The molecule has 1 aromatic heterocycles. The Morgan fingerprint density at radius 1 is 1.41 bits per heavy atom. The molecule has 2 N–H and O–H groups in total. The lowest BCUT2D eigenvalue weighted by Crippen LogP contribution is -2.44. The van der Waals surface area contributed by atoms with Gasteiger partial charge < -0.3 is 10.2 Å². The third kappa shape index (κ3) is 2.66. The van der Waals surface area contributed by atoms with Crippen LogP contribution in [-0.2, 0) is 6.42 Å². The summed E-state index contributed by atoms with van der Waals surface area (Å²) in [5, 5.41) is 10.5. The van der Waals surface area contributed by atoms with E-state index in [2.05, 4.69) is 25.4 Å². The molecular weight excluding hydrogens is 214 g/mol. The molecule has 5 nitrogen and oxygen atoms in total. The quantitative estimate of drug-likeness (QED) is 0.726. The summed E-state index contributed by atoms with van der Waals surface area (Å²) in [6.45, 7) is 5.03. The van der Waals surface area contributed by atoms with E-state index in [1.165, 1.54) is 32.5 Å². The number of hydrogen-bond donors (Lipinski definition) is 2. The first-order valence-electron chi connectivity index (χ1n) is 6.72. The zero-order chi connectivity index (χ0) is 11.5. The Kier molecular flexibility index (Phi) is 3.38. The van der Waals surface area contributed by atoms with Gasteiger partial charge in [0.15, 0.2) is 0 Å². The van der Waals surface area contributed by atoms with Gasteiger partial charge in [0.2, 0.25) is 0 Å². The van der Waals surface area contributed by atoms with Crippen molar-refractivity contribution in [2.75, 3.05) is 26.2 Å². The van der Waals surface area contributed by atoms with Crippen molar-refractivity contribution in [2.24, 2.45) is 5.92 Å². The van der Waals surface area contributed by atoms with Crippen LogP contribution in [0.4, 0.5) is 0 Å². The Hall–Kier alpha value is -0.940. The van der Waals surface area contributed by atoms with Crippen LogP contribution in [0.25, 0.3) is 0 Å². The van der Waals surface area contributed by atoms with Crippen molar-refractivity contribution in [3.05, 3.63) is 12.2 Å². The smallest absolute Gasteiger partial charge is 0.137 e. The van der Waals surface area contributed by atoms with Gasteiger partial charge in [0.25, 0.3) is 0 Å². The summed E-state index contributed by atoms with van der Waals surface area (Å²) in [4.78, 5) is 6.73.